The van der Waals surface area contributed by atoms with Crippen molar-refractivity contribution in [1.29, 1.82) is 0 Å². The van der Waals surface area contributed by atoms with E-state index in [0.717, 1.165) is 0 Å². The number of aldehydes is 2. The zero-order valence-electron chi connectivity index (χ0n) is 12.8. The lowest BCUT2D eigenvalue weighted by atomic mass is 10.1. The summed E-state index contributed by atoms with van der Waals surface area (Å²) in [6.07, 6.45) is 4.11. The van der Waals surface area contributed by atoms with Crippen molar-refractivity contribution in [3.05, 3.63) is 58.7 Å². The predicted octanol–water partition coefficient (Wildman–Crippen LogP) is 2.26. The second-order valence-electron chi connectivity index (χ2n) is 4.88. The van der Waals surface area contributed by atoms with Crippen LogP contribution in [0.1, 0.15) is 31.8 Å². The lowest BCUT2D eigenvalue weighted by molar-refractivity contribution is 0.111. The third kappa shape index (κ3) is 4.13. The van der Waals surface area contributed by atoms with Gasteiger partial charge in [0.05, 0.1) is 24.2 Å². The summed E-state index contributed by atoms with van der Waals surface area (Å²) in [5.41, 5.74) is 1.34. The molecule has 0 bridgehead atoms. The molecule has 0 aliphatic rings. The molecule has 122 valence electrons. The summed E-state index contributed by atoms with van der Waals surface area (Å²) < 4.78 is 0. The van der Waals surface area contributed by atoms with E-state index in [2.05, 4.69) is 9.98 Å². The molecule has 2 N–H and O–H groups in total. The lowest BCUT2D eigenvalue weighted by Crippen LogP contribution is -1.93. The van der Waals surface area contributed by atoms with Gasteiger partial charge < -0.3 is 10.2 Å². The first-order valence-corrected chi connectivity index (χ1v) is 7.21. The lowest BCUT2D eigenvalue weighted by Gasteiger charge is -2.01. The van der Waals surface area contributed by atoms with Crippen LogP contribution in [0.5, 0.6) is 11.5 Å². The van der Waals surface area contributed by atoms with Crippen molar-refractivity contribution < 1.29 is 19.8 Å². The smallest absolute Gasteiger partial charge is 0.153 e. The molecule has 0 spiro atoms. The van der Waals surface area contributed by atoms with Gasteiger partial charge in [0.2, 0.25) is 0 Å². The number of rotatable bonds is 7. The van der Waals surface area contributed by atoms with Gasteiger partial charge in [-0.3, -0.25) is 19.6 Å². The number of hydrogen-bond donors (Lipinski definition) is 2. The minimum atomic E-state index is -0.102. The third-order valence-corrected chi connectivity index (χ3v) is 3.27. The Labute approximate surface area is 138 Å². The van der Waals surface area contributed by atoms with E-state index in [4.69, 9.17) is 0 Å². The average molecular weight is 324 g/mol. The van der Waals surface area contributed by atoms with Gasteiger partial charge in [-0.15, -0.1) is 0 Å². The Morgan fingerprint density at radius 1 is 0.708 bits per heavy atom. The van der Waals surface area contributed by atoms with Gasteiger partial charge in [0.1, 0.15) is 11.5 Å². The molecule has 0 saturated heterocycles. The molecule has 0 amide bonds. The minimum absolute atomic E-state index is 0.102. The summed E-state index contributed by atoms with van der Waals surface area (Å²) in [4.78, 5) is 29.7. The van der Waals surface area contributed by atoms with Gasteiger partial charge in [-0.05, 0) is 24.3 Å². The van der Waals surface area contributed by atoms with Crippen LogP contribution in [0.15, 0.2) is 46.4 Å². The van der Waals surface area contributed by atoms with E-state index in [1.54, 1.807) is 24.3 Å². The number of carbonyl (C=O) groups excluding carboxylic acids is 2. The van der Waals surface area contributed by atoms with Crippen LogP contribution in [0, 0.1) is 0 Å². The summed E-state index contributed by atoms with van der Waals surface area (Å²) in [5, 5.41) is 19.6. The largest absolute Gasteiger partial charge is 0.507 e. The van der Waals surface area contributed by atoms with E-state index in [1.807, 2.05) is 0 Å². The Bertz CT molecular complexity index is 730. The van der Waals surface area contributed by atoms with Crippen molar-refractivity contribution in [2.75, 3.05) is 13.1 Å². The van der Waals surface area contributed by atoms with Crippen LogP contribution >= 0.6 is 0 Å². The maximum atomic E-state index is 10.7. The number of phenols is 2. The highest BCUT2D eigenvalue weighted by Crippen LogP contribution is 2.19. The molecule has 6 heteroatoms. The number of benzene rings is 2. The molecule has 0 radical (unpaired) electrons. The zero-order chi connectivity index (χ0) is 17.4. The molecule has 0 aliphatic carbocycles. The number of para-hydroxylation sites is 2. The molecule has 2 rings (SSSR count). The Hall–Kier alpha value is -3.28. The first kappa shape index (κ1) is 17.1. The normalized spacial score (nSPS) is 11.2. The molecule has 2 aromatic carbocycles. The van der Waals surface area contributed by atoms with Crippen molar-refractivity contribution in [3.8, 4) is 11.5 Å². The Morgan fingerprint density at radius 3 is 1.46 bits per heavy atom. The Balaban J connectivity index is 1.93. The van der Waals surface area contributed by atoms with Crippen molar-refractivity contribution in [2.45, 2.75) is 0 Å². The molecule has 0 aromatic heterocycles. The first-order valence-electron chi connectivity index (χ1n) is 7.21. The van der Waals surface area contributed by atoms with E-state index >= 15 is 0 Å². The number of hydrogen-bond acceptors (Lipinski definition) is 6. The van der Waals surface area contributed by atoms with Crippen LogP contribution in [0.3, 0.4) is 0 Å². The number of nitrogens with zero attached hydrogens (tertiary/aromatic N) is 2. The highest BCUT2D eigenvalue weighted by Gasteiger charge is 2.04. The van der Waals surface area contributed by atoms with Gasteiger partial charge in [-0.25, -0.2) is 0 Å². The van der Waals surface area contributed by atoms with Gasteiger partial charge in [-0.1, -0.05) is 12.1 Å². The first-order chi connectivity index (χ1) is 11.7. The monoisotopic (exact) mass is 324 g/mol. The molecule has 6 nitrogen and oxygen atoms in total. The molecule has 0 heterocycles. The van der Waals surface area contributed by atoms with Gasteiger partial charge >= 0.3 is 0 Å². The highest BCUT2D eigenvalue weighted by molar-refractivity contribution is 5.91. The molecular weight excluding hydrogens is 308 g/mol. The average Bonchev–Trinajstić information content (AvgIpc) is 2.60. The second kappa shape index (κ2) is 8.38. The molecule has 0 unspecified atom stereocenters. The van der Waals surface area contributed by atoms with Crippen LogP contribution in [-0.4, -0.2) is 48.3 Å². The van der Waals surface area contributed by atoms with Crippen molar-refractivity contribution >= 4 is 25.0 Å². The van der Waals surface area contributed by atoms with Crippen LogP contribution in [-0.2, 0) is 0 Å². The molecule has 0 fully saturated rings. The van der Waals surface area contributed by atoms with E-state index < -0.39 is 0 Å². The van der Waals surface area contributed by atoms with Crippen molar-refractivity contribution in [2.24, 2.45) is 9.98 Å². The van der Waals surface area contributed by atoms with Crippen molar-refractivity contribution in [1.82, 2.24) is 0 Å². The summed E-state index contributed by atoms with van der Waals surface area (Å²) in [6.45, 7) is 0.741. The van der Waals surface area contributed by atoms with Gasteiger partial charge in [0.25, 0.3) is 0 Å². The maximum absolute atomic E-state index is 10.7. The number of phenolic OH excluding ortho intramolecular Hbond substituents is 2. The summed E-state index contributed by atoms with van der Waals surface area (Å²) in [7, 11) is 0. The van der Waals surface area contributed by atoms with E-state index in [1.165, 1.54) is 24.6 Å². The van der Waals surface area contributed by atoms with Gasteiger partial charge in [0, 0.05) is 23.6 Å². The maximum Gasteiger partial charge on any atom is 0.153 e. The third-order valence-electron chi connectivity index (χ3n) is 3.27. The molecule has 24 heavy (non-hydrogen) atoms. The van der Waals surface area contributed by atoms with Crippen LogP contribution in [0.4, 0.5) is 0 Å². The standard InChI is InChI=1S/C18H16N2O4/c21-11-15-5-1-3-13(17(15)23)9-19-7-8-20-10-14-4-2-6-16(12-22)18(14)24/h1-6,9-12,23-24H,7-8H2. The SMILES string of the molecule is O=Cc1cccc(C=NCCN=Cc2cccc(C=O)c2O)c1O. The highest BCUT2D eigenvalue weighted by atomic mass is 16.3. The minimum Gasteiger partial charge on any atom is -0.507 e. The predicted molar refractivity (Wildman–Crippen MR) is 91.9 cm³/mol. The summed E-state index contributed by atoms with van der Waals surface area (Å²) >= 11 is 0. The number of carbonyl (C=O) groups is 2. The van der Waals surface area contributed by atoms with E-state index in [-0.39, 0.29) is 22.6 Å². The molecular formula is C18H16N2O4. The zero-order valence-corrected chi connectivity index (χ0v) is 12.8. The second-order valence-corrected chi connectivity index (χ2v) is 4.88. The fraction of sp³-hybridized carbons (Fsp3) is 0.111. The molecule has 0 atom stereocenters. The number of aliphatic imine (C=N–C) groups is 2. The van der Waals surface area contributed by atoms with Crippen LogP contribution < -0.4 is 0 Å². The van der Waals surface area contributed by atoms with Crippen LogP contribution in [0.25, 0.3) is 0 Å². The van der Waals surface area contributed by atoms with Gasteiger partial charge in [0.15, 0.2) is 12.6 Å². The molecule has 2 aromatic rings. The fourth-order valence-electron chi connectivity index (χ4n) is 2.00. The summed E-state index contributed by atoms with van der Waals surface area (Å²) in [5.74, 6) is -0.203. The topological polar surface area (TPSA) is 99.3 Å². The fourth-order valence-corrected chi connectivity index (χ4v) is 2.00. The molecule has 0 saturated carbocycles. The number of aromatic hydroxyl groups is 2. The van der Waals surface area contributed by atoms with Gasteiger partial charge in [-0.2, -0.15) is 0 Å². The van der Waals surface area contributed by atoms with E-state index in [0.29, 0.717) is 36.8 Å². The van der Waals surface area contributed by atoms with Crippen molar-refractivity contribution in [3.63, 3.8) is 0 Å². The van der Waals surface area contributed by atoms with E-state index in [9.17, 15) is 19.8 Å². The Kier molecular flexibility index (Phi) is 5.96. The molecule has 0 aliphatic heterocycles. The van der Waals surface area contributed by atoms with Crippen LogP contribution in [0.2, 0.25) is 0 Å². The quantitative estimate of drug-likeness (QED) is 0.463. The summed E-state index contributed by atoms with van der Waals surface area (Å²) in [6, 6.07) is 9.65. The Morgan fingerprint density at radius 2 is 1.08 bits per heavy atom.